The molecule has 7 heteroatoms. The Kier molecular flexibility index (Phi) is 6.44. The molecule has 3 N–H and O–H groups in total. The van der Waals surface area contributed by atoms with Crippen LogP contribution in [0.4, 0.5) is 4.79 Å². The van der Waals surface area contributed by atoms with Crippen molar-refractivity contribution in [1.29, 1.82) is 0 Å². The number of ether oxygens (including phenoxy) is 1. The molecular weight excluding hydrogens is 408 g/mol. The van der Waals surface area contributed by atoms with Crippen LogP contribution in [-0.2, 0) is 14.3 Å². The highest BCUT2D eigenvalue weighted by Crippen LogP contribution is 2.44. The maximum Gasteiger partial charge on any atom is 0.407 e. The number of carbonyl (C=O) groups is 3. The van der Waals surface area contributed by atoms with Crippen LogP contribution in [0.5, 0.6) is 0 Å². The zero-order valence-corrected chi connectivity index (χ0v) is 18.0. The summed E-state index contributed by atoms with van der Waals surface area (Å²) in [5, 5.41) is 14.4. The van der Waals surface area contributed by atoms with Crippen molar-refractivity contribution in [3.8, 4) is 11.1 Å². The molecule has 2 aliphatic carbocycles. The van der Waals surface area contributed by atoms with Crippen molar-refractivity contribution in [2.75, 3.05) is 6.61 Å². The van der Waals surface area contributed by atoms with Crippen LogP contribution in [0.25, 0.3) is 11.1 Å². The summed E-state index contributed by atoms with van der Waals surface area (Å²) in [6, 6.07) is 15.2. The van der Waals surface area contributed by atoms with Gasteiger partial charge in [0.1, 0.15) is 12.6 Å². The summed E-state index contributed by atoms with van der Waals surface area (Å²) in [6.45, 7) is 1.68. The Morgan fingerprint density at radius 2 is 1.66 bits per heavy atom. The highest BCUT2D eigenvalue weighted by molar-refractivity contribution is 5.85. The Hall–Kier alpha value is -3.35. The Balaban J connectivity index is 1.33. The smallest absolute Gasteiger partial charge is 0.407 e. The fraction of sp³-hybridized carbons (Fsp3) is 0.400. The minimum atomic E-state index is -1.07. The van der Waals surface area contributed by atoms with Crippen molar-refractivity contribution in [2.24, 2.45) is 5.92 Å². The number of benzene rings is 2. The first-order chi connectivity index (χ1) is 15.4. The van der Waals surface area contributed by atoms with Crippen LogP contribution in [0.2, 0.25) is 0 Å². The zero-order chi connectivity index (χ0) is 22.7. The van der Waals surface area contributed by atoms with Gasteiger partial charge in [0.2, 0.25) is 5.91 Å². The molecule has 2 amide bonds. The van der Waals surface area contributed by atoms with Gasteiger partial charge >= 0.3 is 12.1 Å². The van der Waals surface area contributed by atoms with Gasteiger partial charge < -0.3 is 20.5 Å². The zero-order valence-electron chi connectivity index (χ0n) is 18.0. The van der Waals surface area contributed by atoms with Gasteiger partial charge in [-0.05, 0) is 48.4 Å². The van der Waals surface area contributed by atoms with Gasteiger partial charge in [-0.15, -0.1) is 0 Å². The van der Waals surface area contributed by atoms with Gasteiger partial charge in [-0.1, -0.05) is 55.0 Å². The maximum atomic E-state index is 12.5. The molecule has 32 heavy (non-hydrogen) atoms. The van der Waals surface area contributed by atoms with Gasteiger partial charge in [-0.25, -0.2) is 4.79 Å². The third kappa shape index (κ3) is 4.61. The van der Waals surface area contributed by atoms with Gasteiger partial charge in [0, 0.05) is 17.9 Å². The van der Waals surface area contributed by atoms with Crippen molar-refractivity contribution >= 4 is 18.0 Å². The largest absolute Gasteiger partial charge is 0.480 e. The topological polar surface area (TPSA) is 105 Å². The van der Waals surface area contributed by atoms with Crippen LogP contribution in [0.3, 0.4) is 0 Å². The molecule has 0 heterocycles. The molecule has 1 fully saturated rings. The molecule has 0 aromatic heterocycles. The van der Waals surface area contributed by atoms with Gasteiger partial charge in [0.15, 0.2) is 0 Å². The van der Waals surface area contributed by atoms with Crippen LogP contribution in [-0.4, -0.2) is 41.8 Å². The molecule has 0 bridgehead atoms. The summed E-state index contributed by atoms with van der Waals surface area (Å²) in [6.07, 6.45) is 2.22. The average molecular weight is 437 g/mol. The van der Waals surface area contributed by atoms with Crippen LogP contribution in [0, 0.1) is 5.92 Å². The third-order valence-corrected chi connectivity index (χ3v) is 6.44. The van der Waals surface area contributed by atoms with E-state index in [2.05, 4.69) is 34.9 Å². The number of hydrogen-bond donors (Lipinski definition) is 3. The number of rotatable bonds is 6. The standard InChI is InChI=1S/C25H28N2O5/c1-15(24(29)30)26-23(28)16-7-6-8-17(13-16)27-25(31)32-14-22-20-11-4-2-9-18(20)19-10-3-5-12-21(19)22/h2-5,9-12,15-17,22H,6-8,13-14H2,1H3,(H,26,28)(H,27,31)(H,29,30)/t15-,16?,17?/m0/s1. The second-order valence-corrected chi connectivity index (χ2v) is 8.60. The number of carboxylic acids is 1. The molecule has 0 radical (unpaired) electrons. The summed E-state index contributed by atoms with van der Waals surface area (Å²) in [5.41, 5.74) is 4.66. The molecule has 0 saturated heterocycles. The molecule has 2 aromatic rings. The lowest BCUT2D eigenvalue weighted by Crippen LogP contribution is -2.46. The fourth-order valence-electron chi connectivity index (χ4n) is 4.76. The van der Waals surface area contributed by atoms with Gasteiger partial charge in [0.05, 0.1) is 0 Å². The Labute approximate surface area is 187 Å². The molecule has 3 atom stereocenters. The summed E-state index contributed by atoms with van der Waals surface area (Å²) in [5.74, 6) is -1.67. The highest BCUT2D eigenvalue weighted by atomic mass is 16.5. The predicted molar refractivity (Wildman–Crippen MR) is 119 cm³/mol. The van der Waals surface area contributed by atoms with E-state index in [9.17, 15) is 14.4 Å². The van der Waals surface area contributed by atoms with E-state index in [4.69, 9.17) is 9.84 Å². The SMILES string of the molecule is C[C@H](NC(=O)C1CCCC(NC(=O)OCC2c3ccccc3-c3ccccc32)C1)C(=O)O. The fourth-order valence-corrected chi connectivity index (χ4v) is 4.76. The minimum absolute atomic E-state index is 0.00413. The lowest BCUT2D eigenvalue weighted by molar-refractivity contribution is -0.142. The summed E-state index contributed by atoms with van der Waals surface area (Å²) in [7, 11) is 0. The molecule has 2 aliphatic rings. The molecule has 0 spiro atoms. The van der Waals surface area contributed by atoms with E-state index < -0.39 is 18.1 Å². The van der Waals surface area contributed by atoms with Gasteiger partial charge in [-0.3, -0.25) is 9.59 Å². The normalized spacial score (nSPS) is 20.5. The van der Waals surface area contributed by atoms with Crippen LogP contribution in [0.15, 0.2) is 48.5 Å². The number of carbonyl (C=O) groups excluding carboxylic acids is 2. The first-order valence-electron chi connectivity index (χ1n) is 11.1. The molecule has 168 valence electrons. The Morgan fingerprint density at radius 3 is 2.28 bits per heavy atom. The first-order valence-corrected chi connectivity index (χ1v) is 11.1. The Bertz CT molecular complexity index is 975. The first kappa shape index (κ1) is 21.9. The molecule has 2 unspecified atom stereocenters. The highest BCUT2D eigenvalue weighted by Gasteiger charge is 2.31. The lowest BCUT2D eigenvalue weighted by atomic mass is 9.85. The Morgan fingerprint density at radius 1 is 1.03 bits per heavy atom. The van der Waals surface area contributed by atoms with Gasteiger partial charge in [-0.2, -0.15) is 0 Å². The quantitative estimate of drug-likeness (QED) is 0.641. The molecule has 7 nitrogen and oxygen atoms in total. The average Bonchev–Trinajstić information content (AvgIpc) is 3.11. The van der Waals surface area contributed by atoms with E-state index in [-0.39, 0.29) is 30.4 Å². The van der Waals surface area contributed by atoms with Crippen molar-refractivity contribution in [2.45, 2.75) is 50.6 Å². The van der Waals surface area contributed by atoms with Crippen LogP contribution in [0.1, 0.15) is 49.7 Å². The van der Waals surface area contributed by atoms with Gasteiger partial charge in [0.25, 0.3) is 0 Å². The molecule has 1 saturated carbocycles. The molecule has 2 aromatic carbocycles. The number of fused-ring (bicyclic) bond motifs is 3. The van der Waals surface area contributed by atoms with Crippen molar-refractivity contribution in [1.82, 2.24) is 10.6 Å². The second kappa shape index (κ2) is 9.42. The monoisotopic (exact) mass is 436 g/mol. The number of aliphatic carboxylic acids is 1. The second-order valence-electron chi connectivity index (χ2n) is 8.60. The van der Waals surface area contributed by atoms with E-state index in [1.54, 1.807) is 0 Å². The summed E-state index contributed by atoms with van der Waals surface area (Å²) < 4.78 is 5.61. The molecule has 4 rings (SSSR count). The maximum absolute atomic E-state index is 12.5. The van der Waals surface area contributed by atoms with Crippen LogP contribution >= 0.6 is 0 Å². The predicted octanol–water partition coefficient (Wildman–Crippen LogP) is 3.67. The number of amides is 2. The molecular formula is C25H28N2O5. The van der Waals surface area contributed by atoms with Crippen molar-refractivity contribution in [3.63, 3.8) is 0 Å². The van der Waals surface area contributed by atoms with E-state index in [1.807, 2.05) is 24.3 Å². The molecule has 0 aliphatic heterocycles. The van der Waals surface area contributed by atoms with E-state index in [0.717, 1.165) is 24.0 Å². The summed E-state index contributed by atoms with van der Waals surface area (Å²) >= 11 is 0. The number of hydrogen-bond acceptors (Lipinski definition) is 4. The van der Waals surface area contributed by atoms with E-state index >= 15 is 0 Å². The number of alkyl carbamates (subject to hydrolysis) is 1. The van der Waals surface area contributed by atoms with E-state index in [1.165, 1.54) is 18.1 Å². The van der Waals surface area contributed by atoms with Crippen molar-refractivity contribution in [3.05, 3.63) is 59.7 Å². The lowest BCUT2D eigenvalue weighted by Gasteiger charge is -2.29. The van der Waals surface area contributed by atoms with Crippen LogP contribution < -0.4 is 10.6 Å². The third-order valence-electron chi connectivity index (χ3n) is 6.44. The van der Waals surface area contributed by atoms with Crippen molar-refractivity contribution < 1.29 is 24.2 Å². The number of carboxylic acid groups (broad SMARTS) is 1. The van der Waals surface area contributed by atoms with E-state index in [0.29, 0.717) is 12.8 Å². The number of nitrogens with one attached hydrogen (secondary N) is 2. The summed E-state index contributed by atoms with van der Waals surface area (Å²) in [4.78, 5) is 35.9. The minimum Gasteiger partial charge on any atom is -0.480 e.